The van der Waals surface area contributed by atoms with Crippen LogP contribution < -0.4 is 5.32 Å². The Morgan fingerprint density at radius 2 is 1.87 bits per heavy atom. The molecule has 0 saturated carbocycles. The maximum absolute atomic E-state index is 6.08. The summed E-state index contributed by atoms with van der Waals surface area (Å²) < 4.78 is 0. The Hall–Kier alpha value is -3.22. The Labute approximate surface area is 186 Å². The third-order valence-electron chi connectivity index (χ3n) is 5.45. The lowest BCUT2D eigenvalue weighted by atomic mass is 10.0. The number of nitrogens with one attached hydrogen (secondary N) is 2. The number of aromatic nitrogens is 4. The average Bonchev–Trinajstić information content (AvgIpc) is 3.19. The quantitative estimate of drug-likeness (QED) is 0.459. The van der Waals surface area contributed by atoms with Crippen molar-refractivity contribution in [3.8, 4) is 11.4 Å². The van der Waals surface area contributed by atoms with Gasteiger partial charge in [0.15, 0.2) is 11.6 Å². The van der Waals surface area contributed by atoms with Crippen molar-refractivity contribution in [3.05, 3.63) is 88.2 Å². The van der Waals surface area contributed by atoms with Gasteiger partial charge in [-0.1, -0.05) is 41.9 Å². The fourth-order valence-electron chi connectivity index (χ4n) is 3.90. The summed E-state index contributed by atoms with van der Waals surface area (Å²) in [4.78, 5) is 12.2. The molecular weight excluding hydrogens is 408 g/mol. The summed E-state index contributed by atoms with van der Waals surface area (Å²) in [7, 11) is 0. The number of anilines is 2. The number of benzene rings is 2. The van der Waals surface area contributed by atoms with Gasteiger partial charge in [0.25, 0.3) is 0 Å². The van der Waals surface area contributed by atoms with Crippen LogP contribution >= 0.6 is 11.6 Å². The summed E-state index contributed by atoms with van der Waals surface area (Å²) in [6.45, 7) is 4.62. The SMILES string of the molecule is Cc1cc(Nc2nc(-c3ccc(Cl)cc3)nc3c2CCN(Cc2ccccc2)C3)n[nH]1. The third kappa shape index (κ3) is 4.45. The summed E-state index contributed by atoms with van der Waals surface area (Å²) in [5, 5.41) is 11.4. The Balaban J connectivity index is 1.50. The van der Waals surface area contributed by atoms with Gasteiger partial charge in [0, 0.05) is 47.5 Å². The molecule has 0 fully saturated rings. The predicted octanol–water partition coefficient (Wildman–Crippen LogP) is 5.13. The van der Waals surface area contributed by atoms with E-state index in [4.69, 9.17) is 21.6 Å². The number of nitrogens with zero attached hydrogens (tertiary/aromatic N) is 4. The van der Waals surface area contributed by atoms with Crippen LogP contribution in [0.2, 0.25) is 5.02 Å². The maximum Gasteiger partial charge on any atom is 0.161 e. The van der Waals surface area contributed by atoms with Crippen LogP contribution in [-0.4, -0.2) is 31.6 Å². The summed E-state index contributed by atoms with van der Waals surface area (Å²) in [6, 6.07) is 20.2. The lowest BCUT2D eigenvalue weighted by Crippen LogP contribution is -2.31. The number of halogens is 1. The van der Waals surface area contributed by atoms with Crippen LogP contribution in [0.1, 0.15) is 22.5 Å². The van der Waals surface area contributed by atoms with E-state index in [1.165, 1.54) is 5.56 Å². The van der Waals surface area contributed by atoms with E-state index in [1.54, 1.807) is 0 Å². The largest absolute Gasteiger partial charge is 0.323 e. The van der Waals surface area contributed by atoms with E-state index >= 15 is 0 Å². The van der Waals surface area contributed by atoms with Crippen molar-refractivity contribution < 1.29 is 0 Å². The van der Waals surface area contributed by atoms with Gasteiger partial charge in [-0.15, -0.1) is 0 Å². The lowest BCUT2D eigenvalue weighted by Gasteiger charge is -2.29. The fourth-order valence-corrected chi connectivity index (χ4v) is 4.02. The van der Waals surface area contributed by atoms with Gasteiger partial charge in [-0.2, -0.15) is 5.10 Å². The Bertz CT molecular complexity index is 1190. The Morgan fingerprint density at radius 1 is 1.06 bits per heavy atom. The number of aromatic amines is 1. The summed E-state index contributed by atoms with van der Waals surface area (Å²) in [5.74, 6) is 2.26. The van der Waals surface area contributed by atoms with Gasteiger partial charge >= 0.3 is 0 Å². The minimum atomic E-state index is 0.687. The summed E-state index contributed by atoms with van der Waals surface area (Å²) in [6.07, 6.45) is 0.884. The third-order valence-corrected chi connectivity index (χ3v) is 5.70. The Kier molecular flexibility index (Phi) is 5.40. The molecule has 3 heterocycles. The van der Waals surface area contributed by atoms with E-state index in [0.29, 0.717) is 10.8 Å². The minimum absolute atomic E-state index is 0.687. The molecule has 6 nitrogen and oxygen atoms in total. The molecule has 1 aliphatic heterocycles. The molecule has 5 rings (SSSR count). The van der Waals surface area contributed by atoms with Crippen LogP contribution in [0, 0.1) is 6.92 Å². The standard InChI is InChI=1S/C24H23ClN6/c1-16-13-22(30-29-16)27-24-20-11-12-31(14-17-5-3-2-4-6-17)15-21(20)26-23(28-24)18-7-9-19(25)10-8-18/h2-10,13H,11-12,14-15H2,1H3,(H2,26,27,28,29,30). The molecule has 31 heavy (non-hydrogen) atoms. The summed E-state index contributed by atoms with van der Waals surface area (Å²) >= 11 is 6.08. The summed E-state index contributed by atoms with van der Waals surface area (Å²) in [5.41, 5.74) is 5.45. The van der Waals surface area contributed by atoms with Crippen LogP contribution in [-0.2, 0) is 19.5 Å². The number of hydrogen-bond donors (Lipinski definition) is 2. The van der Waals surface area contributed by atoms with Gasteiger partial charge in [0.1, 0.15) is 5.82 Å². The molecule has 7 heteroatoms. The fraction of sp³-hybridized carbons (Fsp3) is 0.208. The molecule has 0 unspecified atom stereocenters. The molecule has 0 atom stereocenters. The van der Waals surface area contributed by atoms with E-state index in [9.17, 15) is 0 Å². The molecule has 2 N–H and O–H groups in total. The van der Waals surface area contributed by atoms with E-state index in [0.717, 1.165) is 60.2 Å². The van der Waals surface area contributed by atoms with Crippen LogP contribution in [0.15, 0.2) is 60.7 Å². The van der Waals surface area contributed by atoms with Gasteiger partial charge in [-0.3, -0.25) is 10.00 Å². The molecule has 2 aromatic carbocycles. The molecule has 0 aliphatic carbocycles. The van der Waals surface area contributed by atoms with Gasteiger partial charge in [-0.05, 0) is 43.2 Å². The highest BCUT2D eigenvalue weighted by molar-refractivity contribution is 6.30. The Morgan fingerprint density at radius 3 is 2.61 bits per heavy atom. The number of rotatable bonds is 5. The molecule has 0 radical (unpaired) electrons. The minimum Gasteiger partial charge on any atom is -0.323 e. The smallest absolute Gasteiger partial charge is 0.161 e. The normalized spacial score (nSPS) is 13.7. The zero-order valence-electron chi connectivity index (χ0n) is 17.3. The molecule has 0 bridgehead atoms. The predicted molar refractivity (Wildman–Crippen MR) is 123 cm³/mol. The average molecular weight is 431 g/mol. The van der Waals surface area contributed by atoms with Crippen LogP contribution in [0.4, 0.5) is 11.6 Å². The molecule has 4 aromatic rings. The molecule has 156 valence electrons. The number of hydrogen-bond acceptors (Lipinski definition) is 5. The topological polar surface area (TPSA) is 69.7 Å². The second-order valence-electron chi connectivity index (χ2n) is 7.84. The van der Waals surface area contributed by atoms with Crippen molar-refractivity contribution in [1.29, 1.82) is 0 Å². The second-order valence-corrected chi connectivity index (χ2v) is 8.27. The lowest BCUT2D eigenvalue weighted by molar-refractivity contribution is 0.241. The first-order valence-electron chi connectivity index (χ1n) is 10.3. The monoisotopic (exact) mass is 430 g/mol. The first kappa shape index (κ1) is 19.7. The van der Waals surface area contributed by atoms with Gasteiger partial charge in [0.2, 0.25) is 0 Å². The van der Waals surface area contributed by atoms with Crippen LogP contribution in [0.5, 0.6) is 0 Å². The van der Waals surface area contributed by atoms with Gasteiger partial charge < -0.3 is 5.32 Å². The zero-order chi connectivity index (χ0) is 21.2. The van der Waals surface area contributed by atoms with Crippen molar-refractivity contribution in [2.24, 2.45) is 0 Å². The molecule has 0 saturated heterocycles. The van der Waals surface area contributed by atoms with Crippen molar-refractivity contribution in [2.45, 2.75) is 26.4 Å². The highest BCUT2D eigenvalue weighted by Crippen LogP contribution is 2.30. The zero-order valence-corrected chi connectivity index (χ0v) is 18.0. The van der Waals surface area contributed by atoms with Crippen LogP contribution in [0.25, 0.3) is 11.4 Å². The number of fused-ring (bicyclic) bond motifs is 1. The molecule has 0 spiro atoms. The molecule has 0 amide bonds. The van der Waals surface area contributed by atoms with Gasteiger partial charge in [0.05, 0.1) is 5.69 Å². The van der Waals surface area contributed by atoms with Crippen molar-refractivity contribution >= 4 is 23.2 Å². The van der Waals surface area contributed by atoms with Gasteiger partial charge in [-0.25, -0.2) is 9.97 Å². The van der Waals surface area contributed by atoms with E-state index in [2.05, 4.69) is 50.7 Å². The molecule has 2 aromatic heterocycles. The van der Waals surface area contributed by atoms with E-state index < -0.39 is 0 Å². The first-order valence-corrected chi connectivity index (χ1v) is 10.7. The number of H-pyrrole nitrogens is 1. The molecular formula is C24H23ClN6. The maximum atomic E-state index is 6.08. The number of aryl methyl sites for hydroxylation is 1. The second kappa shape index (κ2) is 8.49. The highest BCUT2D eigenvalue weighted by Gasteiger charge is 2.23. The molecule has 1 aliphatic rings. The van der Waals surface area contributed by atoms with Crippen molar-refractivity contribution in [2.75, 3.05) is 11.9 Å². The first-order chi connectivity index (χ1) is 15.1. The van der Waals surface area contributed by atoms with Crippen LogP contribution in [0.3, 0.4) is 0 Å². The highest BCUT2D eigenvalue weighted by atomic mass is 35.5. The van der Waals surface area contributed by atoms with E-state index in [1.807, 2.05) is 37.3 Å². The van der Waals surface area contributed by atoms with Crippen molar-refractivity contribution in [1.82, 2.24) is 25.1 Å². The van der Waals surface area contributed by atoms with E-state index in [-0.39, 0.29) is 0 Å². The van der Waals surface area contributed by atoms with Crippen molar-refractivity contribution in [3.63, 3.8) is 0 Å².